The van der Waals surface area contributed by atoms with Crippen molar-refractivity contribution in [3.8, 4) is 0 Å². The molecule has 3 aromatic rings. The Morgan fingerprint density at radius 3 is 2.45 bits per heavy atom. The molecular weight excluding hydrogens is 473 g/mol. The molecular formula is C23H20ClF3N4OS. The first kappa shape index (κ1) is 22.3. The van der Waals surface area contributed by atoms with Crippen LogP contribution in [0.2, 0.25) is 5.02 Å². The summed E-state index contributed by atoms with van der Waals surface area (Å²) in [5, 5.41) is 10.9. The molecule has 5 nitrogen and oxygen atoms in total. The van der Waals surface area contributed by atoms with Crippen molar-refractivity contribution in [1.82, 2.24) is 14.8 Å². The number of carbonyl (C=O) groups is 1. The molecule has 2 aliphatic rings. The van der Waals surface area contributed by atoms with Gasteiger partial charge in [-0.1, -0.05) is 53.7 Å². The van der Waals surface area contributed by atoms with Gasteiger partial charge < -0.3 is 9.88 Å². The maximum atomic E-state index is 13.3. The number of hydrogen-bond acceptors (Lipinski definition) is 4. The Kier molecular flexibility index (Phi) is 5.86. The van der Waals surface area contributed by atoms with Gasteiger partial charge >= 0.3 is 6.18 Å². The lowest BCUT2D eigenvalue weighted by Gasteiger charge is -2.18. The Bertz CT molecular complexity index is 1180. The quantitative estimate of drug-likeness (QED) is 0.376. The fourth-order valence-corrected chi connectivity index (χ4v) is 5.04. The van der Waals surface area contributed by atoms with E-state index >= 15 is 0 Å². The summed E-state index contributed by atoms with van der Waals surface area (Å²) in [6.45, 7) is 0. The average Bonchev–Trinajstić information content (AvgIpc) is 3.72. The fraction of sp³-hybridized carbons (Fsp3) is 0.348. The van der Waals surface area contributed by atoms with Crippen LogP contribution in [0.4, 0.5) is 18.9 Å². The van der Waals surface area contributed by atoms with E-state index in [2.05, 4.69) is 20.1 Å². The molecule has 0 radical (unpaired) electrons. The van der Waals surface area contributed by atoms with Crippen LogP contribution in [-0.4, -0.2) is 20.7 Å². The molecule has 33 heavy (non-hydrogen) atoms. The van der Waals surface area contributed by atoms with E-state index in [0.29, 0.717) is 17.1 Å². The number of benzene rings is 2. The van der Waals surface area contributed by atoms with Crippen molar-refractivity contribution in [1.29, 1.82) is 0 Å². The summed E-state index contributed by atoms with van der Waals surface area (Å²) in [6.07, 6.45) is -0.325. The number of nitrogens with zero attached hydrogens (tertiary/aromatic N) is 3. The molecule has 2 fully saturated rings. The van der Waals surface area contributed by atoms with Gasteiger partial charge in [-0.05, 0) is 49.4 Å². The van der Waals surface area contributed by atoms with Crippen molar-refractivity contribution in [2.45, 2.75) is 54.2 Å². The second kappa shape index (κ2) is 8.68. The molecule has 2 aromatic carbocycles. The van der Waals surface area contributed by atoms with Gasteiger partial charge in [0.25, 0.3) is 0 Å². The predicted octanol–water partition coefficient (Wildman–Crippen LogP) is 6.63. The monoisotopic (exact) mass is 492 g/mol. The molecule has 1 heterocycles. The zero-order valence-corrected chi connectivity index (χ0v) is 18.9. The molecule has 0 unspecified atom stereocenters. The highest BCUT2D eigenvalue weighted by molar-refractivity contribution is 8.00. The van der Waals surface area contributed by atoms with Crippen LogP contribution in [-0.2, 0) is 11.0 Å². The van der Waals surface area contributed by atoms with Crippen LogP contribution >= 0.6 is 23.4 Å². The van der Waals surface area contributed by atoms with Gasteiger partial charge in [-0.2, -0.15) is 13.2 Å². The normalized spacial score (nSPS) is 17.1. The number of amides is 1. The van der Waals surface area contributed by atoms with Gasteiger partial charge in [0.05, 0.1) is 10.6 Å². The van der Waals surface area contributed by atoms with E-state index < -0.39 is 27.9 Å². The second-order valence-corrected chi connectivity index (χ2v) is 9.79. The number of carbonyl (C=O) groups excluding carboxylic acids is 1. The molecule has 1 amide bonds. The number of hydrogen-bond donors (Lipinski definition) is 1. The first-order chi connectivity index (χ1) is 15.8. The molecule has 1 aromatic heterocycles. The summed E-state index contributed by atoms with van der Waals surface area (Å²) in [5.74, 6) is 0.950. The smallest absolute Gasteiger partial charge is 0.325 e. The van der Waals surface area contributed by atoms with Crippen molar-refractivity contribution in [3.05, 3.63) is 70.5 Å². The van der Waals surface area contributed by atoms with E-state index in [9.17, 15) is 18.0 Å². The Morgan fingerprint density at radius 2 is 1.82 bits per heavy atom. The summed E-state index contributed by atoms with van der Waals surface area (Å²) in [6, 6.07) is 12.8. The zero-order valence-electron chi connectivity index (χ0n) is 17.3. The van der Waals surface area contributed by atoms with Gasteiger partial charge in [0.2, 0.25) is 5.91 Å². The number of halogens is 4. The number of anilines is 1. The van der Waals surface area contributed by atoms with Crippen LogP contribution in [0, 0.1) is 0 Å². The van der Waals surface area contributed by atoms with Crippen LogP contribution in [0.5, 0.6) is 0 Å². The second-order valence-electron chi connectivity index (χ2n) is 8.31. The maximum Gasteiger partial charge on any atom is 0.417 e. The molecule has 10 heteroatoms. The van der Waals surface area contributed by atoms with Crippen molar-refractivity contribution in [2.75, 3.05) is 5.32 Å². The highest BCUT2D eigenvalue weighted by Crippen LogP contribution is 2.48. The first-order valence-corrected chi connectivity index (χ1v) is 11.9. The Balaban J connectivity index is 1.44. The summed E-state index contributed by atoms with van der Waals surface area (Å²) < 4.78 is 41.9. The van der Waals surface area contributed by atoms with E-state index in [1.54, 1.807) is 0 Å². The number of nitrogens with one attached hydrogen (secondary N) is 1. The minimum Gasteiger partial charge on any atom is -0.325 e. The third kappa shape index (κ3) is 4.89. The SMILES string of the molecule is O=C(Nc1ccc(Cl)c(C(F)(F)F)c1)[C@H](Sc1nnc(C2CC2)n1C1CC1)c1ccccc1. The third-order valence-corrected chi connectivity index (χ3v) is 7.19. The van der Waals surface area contributed by atoms with Crippen molar-refractivity contribution >= 4 is 35.0 Å². The van der Waals surface area contributed by atoms with E-state index in [4.69, 9.17) is 11.6 Å². The fourth-order valence-electron chi connectivity index (χ4n) is 3.70. The largest absolute Gasteiger partial charge is 0.417 e. The van der Waals surface area contributed by atoms with E-state index in [0.717, 1.165) is 49.2 Å². The van der Waals surface area contributed by atoms with Crippen LogP contribution in [0.15, 0.2) is 53.7 Å². The highest BCUT2D eigenvalue weighted by Gasteiger charge is 2.38. The molecule has 0 saturated heterocycles. The van der Waals surface area contributed by atoms with Crippen molar-refractivity contribution in [2.24, 2.45) is 0 Å². The van der Waals surface area contributed by atoms with Gasteiger partial charge in [-0.25, -0.2) is 0 Å². The molecule has 2 saturated carbocycles. The Morgan fingerprint density at radius 1 is 1.09 bits per heavy atom. The summed E-state index contributed by atoms with van der Waals surface area (Å²) in [5.41, 5.74) is -0.239. The van der Waals surface area contributed by atoms with Gasteiger partial charge in [-0.3, -0.25) is 4.79 Å². The lowest BCUT2D eigenvalue weighted by Crippen LogP contribution is -2.20. The standard InChI is InChI=1S/C23H20ClF3N4OS/c24-18-11-8-15(12-17(18)23(25,26)27)28-21(32)19(13-4-2-1-3-5-13)33-22-30-29-20(14-6-7-14)31(22)16-9-10-16/h1-5,8,11-12,14,16,19H,6-7,9-10H2,(H,28,32)/t19-/m1/s1. The Labute approximate surface area is 197 Å². The third-order valence-electron chi connectivity index (χ3n) is 5.65. The molecule has 5 rings (SSSR count). The summed E-state index contributed by atoms with van der Waals surface area (Å²) >= 11 is 6.99. The maximum absolute atomic E-state index is 13.3. The van der Waals surface area contributed by atoms with Crippen molar-refractivity contribution in [3.63, 3.8) is 0 Å². The van der Waals surface area contributed by atoms with Gasteiger partial charge in [0.1, 0.15) is 11.1 Å². The number of thioether (sulfide) groups is 1. The minimum absolute atomic E-state index is 0.0283. The first-order valence-electron chi connectivity index (χ1n) is 10.7. The molecule has 0 spiro atoms. The van der Waals surface area contributed by atoms with Crippen LogP contribution in [0.25, 0.3) is 0 Å². The van der Waals surface area contributed by atoms with Crippen LogP contribution < -0.4 is 5.32 Å². The van der Waals surface area contributed by atoms with Crippen LogP contribution in [0.1, 0.15) is 59.8 Å². The van der Waals surface area contributed by atoms with E-state index in [1.165, 1.54) is 17.8 Å². The number of alkyl halides is 3. The van der Waals surface area contributed by atoms with E-state index in [1.807, 2.05) is 30.3 Å². The molecule has 172 valence electrons. The van der Waals surface area contributed by atoms with E-state index in [-0.39, 0.29) is 5.69 Å². The summed E-state index contributed by atoms with van der Waals surface area (Å²) in [4.78, 5) is 13.3. The molecule has 0 bridgehead atoms. The highest BCUT2D eigenvalue weighted by atomic mass is 35.5. The number of aromatic nitrogens is 3. The zero-order chi connectivity index (χ0) is 23.2. The van der Waals surface area contributed by atoms with Crippen molar-refractivity contribution < 1.29 is 18.0 Å². The van der Waals surface area contributed by atoms with Crippen LogP contribution in [0.3, 0.4) is 0 Å². The summed E-state index contributed by atoms with van der Waals surface area (Å²) in [7, 11) is 0. The number of rotatable bonds is 7. The molecule has 0 aliphatic heterocycles. The Hall–Kier alpha value is -2.52. The average molecular weight is 493 g/mol. The topological polar surface area (TPSA) is 59.8 Å². The predicted molar refractivity (Wildman–Crippen MR) is 120 cm³/mol. The lowest BCUT2D eigenvalue weighted by atomic mass is 10.1. The van der Waals surface area contributed by atoms with Gasteiger partial charge in [0.15, 0.2) is 5.16 Å². The van der Waals surface area contributed by atoms with Gasteiger partial charge in [-0.15, -0.1) is 10.2 Å². The molecule has 2 aliphatic carbocycles. The minimum atomic E-state index is -4.62. The molecule has 1 atom stereocenters. The van der Waals surface area contributed by atoms with Gasteiger partial charge in [0, 0.05) is 17.6 Å². The lowest BCUT2D eigenvalue weighted by molar-refractivity contribution is -0.137. The molecule has 1 N–H and O–H groups in total.